The number of rotatable bonds is 7. The zero-order valence-electron chi connectivity index (χ0n) is 11.2. The lowest BCUT2D eigenvalue weighted by atomic mass is 10.3. The van der Waals surface area contributed by atoms with Crippen molar-refractivity contribution in [1.82, 2.24) is 4.72 Å². The predicted octanol–water partition coefficient (Wildman–Crippen LogP) is 0.880. The van der Waals surface area contributed by atoms with E-state index in [9.17, 15) is 18.5 Å². The maximum absolute atomic E-state index is 12.1. The smallest absolute Gasteiger partial charge is 0.292 e. The first kappa shape index (κ1) is 16.3. The lowest BCUT2D eigenvalue weighted by Crippen LogP contribution is -2.33. The Labute approximate surface area is 117 Å². The third-order valence-corrected chi connectivity index (χ3v) is 4.20. The standard InChI is InChI=1S/C11H17N3O5S/c1-8(5-6-19-2)13-20(17,18)9-3-4-11(14(15)16)10(12)7-9/h3-4,7-8,13H,5-6,12H2,1-2H3. The minimum Gasteiger partial charge on any atom is -0.393 e. The summed E-state index contributed by atoms with van der Waals surface area (Å²) in [6.45, 7) is 2.12. The van der Waals surface area contributed by atoms with Crippen molar-refractivity contribution in [3.05, 3.63) is 28.3 Å². The van der Waals surface area contributed by atoms with Crippen LogP contribution in [0, 0.1) is 10.1 Å². The van der Waals surface area contributed by atoms with Gasteiger partial charge in [0.1, 0.15) is 5.69 Å². The molecule has 0 spiro atoms. The van der Waals surface area contributed by atoms with Gasteiger partial charge in [-0.15, -0.1) is 0 Å². The summed E-state index contributed by atoms with van der Waals surface area (Å²) in [5, 5.41) is 10.6. The molecule has 1 rings (SSSR count). The number of benzene rings is 1. The van der Waals surface area contributed by atoms with E-state index in [0.717, 1.165) is 18.2 Å². The third-order valence-electron chi connectivity index (χ3n) is 2.62. The molecule has 1 atom stereocenters. The first-order valence-electron chi connectivity index (χ1n) is 5.83. The van der Waals surface area contributed by atoms with Crippen LogP contribution in [0.4, 0.5) is 11.4 Å². The molecule has 3 N–H and O–H groups in total. The number of nitrogens with two attached hydrogens (primary N) is 1. The number of hydrogen-bond acceptors (Lipinski definition) is 6. The molecule has 112 valence electrons. The summed E-state index contributed by atoms with van der Waals surface area (Å²) in [5.74, 6) is 0. The van der Waals surface area contributed by atoms with E-state index < -0.39 is 14.9 Å². The molecule has 0 saturated heterocycles. The van der Waals surface area contributed by atoms with Gasteiger partial charge in [-0.05, 0) is 25.5 Å². The average molecular weight is 303 g/mol. The number of nitro benzene ring substituents is 1. The fourth-order valence-electron chi connectivity index (χ4n) is 1.55. The summed E-state index contributed by atoms with van der Waals surface area (Å²) < 4.78 is 31.4. The fourth-order valence-corrected chi connectivity index (χ4v) is 2.87. The van der Waals surface area contributed by atoms with Crippen molar-refractivity contribution in [2.24, 2.45) is 0 Å². The van der Waals surface area contributed by atoms with Gasteiger partial charge in [0.2, 0.25) is 10.0 Å². The van der Waals surface area contributed by atoms with E-state index in [2.05, 4.69) is 4.72 Å². The summed E-state index contributed by atoms with van der Waals surface area (Å²) >= 11 is 0. The maximum Gasteiger partial charge on any atom is 0.292 e. The molecule has 0 aliphatic heterocycles. The second-order valence-corrected chi connectivity index (χ2v) is 6.00. The minimum absolute atomic E-state index is 0.107. The fraction of sp³-hybridized carbons (Fsp3) is 0.455. The van der Waals surface area contributed by atoms with Crippen LogP contribution in [-0.4, -0.2) is 33.1 Å². The van der Waals surface area contributed by atoms with Gasteiger partial charge in [0, 0.05) is 25.8 Å². The van der Waals surface area contributed by atoms with E-state index in [4.69, 9.17) is 10.5 Å². The van der Waals surface area contributed by atoms with E-state index in [0.29, 0.717) is 13.0 Å². The molecule has 9 heteroatoms. The van der Waals surface area contributed by atoms with Crippen LogP contribution in [0.1, 0.15) is 13.3 Å². The number of sulfonamides is 1. The van der Waals surface area contributed by atoms with Crippen molar-refractivity contribution in [3.8, 4) is 0 Å². The van der Waals surface area contributed by atoms with Crippen LogP contribution in [0.2, 0.25) is 0 Å². The van der Waals surface area contributed by atoms with Crippen LogP contribution >= 0.6 is 0 Å². The lowest BCUT2D eigenvalue weighted by Gasteiger charge is -2.14. The quantitative estimate of drug-likeness (QED) is 0.437. The molecule has 0 aromatic heterocycles. The van der Waals surface area contributed by atoms with E-state index >= 15 is 0 Å². The molecule has 8 nitrogen and oxygen atoms in total. The Morgan fingerprint density at radius 3 is 2.65 bits per heavy atom. The number of nitrogen functional groups attached to an aromatic ring is 1. The lowest BCUT2D eigenvalue weighted by molar-refractivity contribution is -0.383. The Morgan fingerprint density at radius 2 is 2.15 bits per heavy atom. The van der Waals surface area contributed by atoms with Gasteiger partial charge in [0.25, 0.3) is 5.69 Å². The topological polar surface area (TPSA) is 125 Å². The molecular weight excluding hydrogens is 286 g/mol. The molecule has 0 fully saturated rings. The average Bonchev–Trinajstić information content (AvgIpc) is 2.35. The molecule has 0 bridgehead atoms. The van der Waals surface area contributed by atoms with Gasteiger partial charge in [0.05, 0.1) is 9.82 Å². The van der Waals surface area contributed by atoms with Gasteiger partial charge in [-0.2, -0.15) is 0 Å². The van der Waals surface area contributed by atoms with Crippen LogP contribution < -0.4 is 10.5 Å². The molecule has 0 radical (unpaired) electrons. The molecule has 0 aliphatic carbocycles. The number of methoxy groups -OCH3 is 1. The molecule has 20 heavy (non-hydrogen) atoms. The molecular formula is C11H17N3O5S. The van der Waals surface area contributed by atoms with Gasteiger partial charge in [-0.3, -0.25) is 10.1 Å². The van der Waals surface area contributed by atoms with Crippen LogP contribution in [0.5, 0.6) is 0 Å². The first-order chi connectivity index (χ1) is 9.27. The second-order valence-electron chi connectivity index (χ2n) is 4.28. The zero-order chi connectivity index (χ0) is 15.3. The SMILES string of the molecule is COCCC(C)NS(=O)(=O)c1ccc([N+](=O)[O-])c(N)c1. The summed E-state index contributed by atoms with van der Waals surface area (Å²) in [6.07, 6.45) is 0.512. The third kappa shape index (κ3) is 4.15. The zero-order valence-corrected chi connectivity index (χ0v) is 12.0. The molecule has 0 amide bonds. The van der Waals surface area contributed by atoms with Crippen molar-refractivity contribution >= 4 is 21.4 Å². The summed E-state index contributed by atoms with van der Waals surface area (Å²) in [4.78, 5) is 9.85. The van der Waals surface area contributed by atoms with Crippen molar-refractivity contribution in [3.63, 3.8) is 0 Å². The molecule has 0 aliphatic rings. The van der Waals surface area contributed by atoms with Crippen LogP contribution in [-0.2, 0) is 14.8 Å². The maximum atomic E-state index is 12.1. The van der Waals surface area contributed by atoms with Gasteiger partial charge in [-0.1, -0.05) is 0 Å². The van der Waals surface area contributed by atoms with E-state index in [-0.39, 0.29) is 22.3 Å². The molecule has 1 aromatic rings. The monoisotopic (exact) mass is 303 g/mol. The van der Waals surface area contributed by atoms with E-state index in [1.807, 2.05) is 0 Å². The van der Waals surface area contributed by atoms with Crippen LogP contribution in [0.25, 0.3) is 0 Å². The van der Waals surface area contributed by atoms with Gasteiger partial charge in [-0.25, -0.2) is 13.1 Å². The predicted molar refractivity (Wildman–Crippen MR) is 73.8 cm³/mol. The number of nitrogens with zero attached hydrogens (tertiary/aromatic N) is 1. The molecule has 0 heterocycles. The number of hydrogen-bond donors (Lipinski definition) is 2. The largest absolute Gasteiger partial charge is 0.393 e. The second kappa shape index (κ2) is 6.64. The Bertz CT molecular complexity index is 588. The van der Waals surface area contributed by atoms with E-state index in [1.165, 1.54) is 7.11 Å². The molecule has 0 saturated carbocycles. The highest BCUT2D eigenvalue weighted by Crippen LogP contribution is 2.24. The van der Waals surface area contributed by atoms with Crippen molar-refractivity contribution in [2.45, 2.75) is 24.3 Å². The van der Waals surface area contributed by atoms with Gasteiger partial charge >= 0.3 is 0 Å². The van der Waals surface area contributed by atoms with Crippen molar-refractivity contribution < 1.29 is 18.1 Å². The number of anilines is 1. The summed E-state index contributed by atoms with van der Waals surface area (Å²) in [5.41, 5.74) is 4.96. The van der Waals surface area contributed by atoms with Crippen LogP contribution in [0.3, 0.4) is 0 Å². The Kier molecular flexibility index (Phi) is 5.43. The Balaban J connectivity index is 2.93. The number of nitro groups is 1. The van der Waals surface area contributed by atoms with Gasteiger partial charge in [0.15, 0.2) is 0 Å². The normalized spacial score (nSPS) is 13.1. The highest BCUT2D eigenvalue weighted by molar-refractivity contribution is 7.89. The summed E-state index contributed by atoms with van der Waals surface area (Å²) in [7, 11) is -2.24. The highest BCUT2D eigenvalue weighted by Gasteiger charge is 2.20. The number of nitrogens with one attached hydrogen (secondary N) is 1. The molecule has 1 unspecified atom stereocenters. The Morgan fingerprint density at radius 1 is 1.50 bits per heavy atom. The van der Waals surface area contributed by atoms with Crippen molar-refractivity contribution in [2.75, 3.05) is 19.5 Å². The Hall–Kier alpha value is -1.71. The van der Waals surface area contributed by atoms with Crippen molar-refractivity contribution in [1.29, 1.82) is 0 Å². The minimum atomic E-state index is -3.76. The van der Waals surface area contributed by atoms with E-state index in [1.54, 1.807) is 6.92 Å². The molecule has 1 aromatic carbocycles. The number of ether oxygens (including phenoxy) is 1. The van der Waals surface area contributed by atoms with Crippen LogP contribution in [0.15, 0.2) is 23.1 Å². The highest BCUT2D eigenvalue weighted by atomic mass is 32.2. The van der Waals surface area contributed by atoms with Gasteiger partial charge < -0.3 is 10.5 Å². The first-order valence-corrected chi connectivity index (χ1v) is 7.31. The summed E-state index contributed by atoms with van der Waals surface area (Å²) in [6, 6.07) is 2.98.